The summed E-state index contributed by atoms with van der Waals surface area (Å²) < 4.78 is 0. The van der Waals surface area contributed by atoms with E-state index >= 15 is 0 Å². The molecule has 2 heterocycles. The predicted molar refractivity (Wildman–Crippen MR) is 142 cm³/mol. The lowest BCUT2D eigenvalue weighted by molar-refractivity contribution is -0.129. The number of carboxylic acids is 1. The highest BCUT2D eigenvalue weighted by molar-refractivity contribution is 6.52. The summed E-state index contributed by atoms with van der Waals surface area (Å²) in [6.07, 6.45) is 14.0. The summed E-state index contributed by atoms with van der Waals surface area (Å²) >= 11 is 0. The molecular formula is C29H33N3O3. The van der Waals surface area contributed by atoms with Gasteiger partial charge in [0.25, 0.3) is 5.91 Å². The van der Waals surface area contributed by atoms with E-state index in [-0.39, 0.29) is 11.3 Å². The Kier molecular flexibility index (Phi) is 8.14. The van der Waals surface area contributed by atoms with E-state index in [1.807, 2.05) is 12.1 Å². The summed E-state index contributed by atoms with van der Waals surface area (Å²) in [6, 6.07) is 15.3. The van der Waals surface area contributed by atoms with Gasteiger partial charge in [-0.2, -0.15) is 10.1 Å². The smallest absolute Gasteiger partial charge is 0.357 e. The third-order valence-electron chi connectivity index (χ3n) is 6.51. The lowest BCUT2D eigenvalue weighted by atomic mass is 10.1. The number of hydrazone groups is 1. The minimum absolute atomic E-state index is 0.0730. The van der Waals surface area contributed by atoms with Gasteiger partial charge >= 0.3 is 5.97 Å². The fourth-order valence-corrected chi connectivity index (χ4v) is 4.63. The van der Waals surface area contributed by atoms with E-state index in [1.54, 1.807) is 30.3 Å². The maximum absolute atomic E-state index is 12.9. The van der Waals surface area contributed by atoms with Gasteiger partial charge in [-0.1, -0.05) is 75.4 Å². The molecule has 6 nitrogen and oxygen atoms in total. The summed E-state index contributed by atoms with van der Waals surface area (Å²) in [4.78, 5) is 27.0. The average Bonchev–Trinajstić information content (AvgIpc) is 3.42. The van der Waals surface area contributed by atoms with Crippen LogP contribution in [0.5, 0.6) is 0 Å². The molecule has 0 spiro atoms. The zero-order valence-electron chi connectivity index (χ0n) is 20.3. The first-order chi connectivity index (χ1) is 17.1. The van der Waals surface area contributed by atoms with Gasteiger partial charge in [0.15, 0.2) is 5.71 Å². The molecule has 182 valence electrons. The molecule has 0 aromatic heterocycles. The lowest BCUT2D eigenvalue weighted by Gasteiger charge is -2.19. The second-order valence-corrected chi connectivity index (χ2v) is 9.04. The standard InChI is InChI=1S/C29H33N3O3/c1-2-3-4-5-6-10-19-31-20-18-23-21-22(16-17-26(23)31)12-11-15-25-27(29(34)35)30-32(28(25)33)24-13-8-7-9-14-24/h7-9,11-17,21H,2-6,10,18-20H2,1H3,(H,34,35)/b12-11+,25-15-. The summed E-state index contributed by atoms with van der Waals surface area (Å²) in [5, 5.41) is 14.7. The number of nitrogens with zero attached hydrogens (tertiary/aromatic N) is 3. The Labute approximate surface area is 207 Å². The van der Waals surface area contributed by atoms with Crippen LogP contribution in [-0.4, -0.2) is 35.8 Å². The molecule has 0 saturated carbocycles. The molecule has 2 aliphatic heterocycles. The van der Waals surface area contributed by atoms with E-state index in [0.717, 1.165) is 30.1 Å². The summed E-state index contributed by atoms with van der Waals surface area (Å²) in [7, 11) is 0. The van der Waals surface area contributed by atoms with Crippen LogP contribution in [-0.2, 0) is 16.0 Å². The highest BCUT2D eigenvalue weighted by atomic mass is 16.4. The van der Waals surface area contributed by atoms with Gasteiger partial charge in [-0.25, -0.2) is 4.79 Å². The molecule has 1 amide bonds. The normalized spacial score (nSPS) is 16.4. The van der Waals surface area contributed by atoms with Gasteiger partial charge in [0.1, 0.15) is 0 Å². The van der Waals surface area contributed by atoms with Crippen LogP contribution in [0.2, 0.25) is 0 Å². The molecule has 0 radical (unpaired) electrons. The number of carboxylic acid groups (broad SMARTS) is 1. The van der Waals surface area contributed by atoms with E-state index in [0.29, 0.717) is 5.69 Å². The van der Waals surface area contributed by atoms with Crippen LogP contribution < -0.4 is 9.91 Å². The van der Waals surface area contributed by atoms with Crippen LogP contribution in [0.25, 0.3) is 6.08 Å². The quantitative estimate of drug-likeness (QED) is 0.330. The molecule has 1 N–H and O–H groups in total. The topological polar surface area (TPSA) is 73.2 Å². The number of para-hydroxylation sites is 1. The molecule has 4 rings (SSSR count). The molecule has 6 heteroatoms. The Balaban J connectivity index is 1.40. The predicted octanol–water partition coefficient (Wildman–Crippen LogP) is 5.84. The Morgan fingerprint density at radius 1 is 1.06 bits per heavy atom. The maximum Gasteiger partial charge on any atom is 0.357 e. The van der Waals surface area contributed by atoms with Crippen LogP contribution in [0.15, 0.2) is 71.4 Å². The molecule has 2 aromatic carbocycles. The number of hydrogen-bond donors (Lipinski definition) is 1. The van der Waals surface area contributed by atoms with Gasteiger partial charge in [0, 0.05) is 18.8 Å². The van der Waals surface area contributed by atoms with Gasteiger partial charge in [-0.3, -0.25) is 4.79 Å². The molecule has 0 fully saturated rings. The third kappa shape index (κ3) is 5.88. The Morgan fingerprint density at radius 3 is 2.60 bits per heavy atom. The minimum Gasteiger partial charge on any atom is -0.476 e. The number of aliphatic carboxylic acids is 1. The number of allylic oxidation sites excluding steroid dienone is 2. The first-order valence-electron chi connectivity index (χ1n) is 12.6. The first kappa shape index (κ1) is 24.5. The Hall–Kier alpha value is -3.67. The van der Waals surface area contributed by atoms with Crippen LogP contribution in [0, 0.1) is 0 Å². The van der Waals surface area contributed by atoms with Gasteiger partial charge in [-0.15, -0.1) is 0 Å². The van der Waals surface area contributed by atoms with Crippen LogP contribution in [0.3, 0.4) is 0 Å². The van der Waals surface area contributed by atoms with Crippen molar-refractivity contribution in [3.63, 3.8) is 0 Å². The number of carbonyl (C=O) groups is 2. The van der Waals surface area contributed by atoms with Crippen LogP contribution in [0.4, 0.5) is 11.4 Å². The van der Waals surface area contributed by atoms with Crippen molar-refractivity contribution in [1.29, 1.82) is 0 Å². The maximum atomic E-state index is 12.9. The summed E-state index contributed by atoms with van der Waals surface area (Å²) in [6.45, 7) is 4.41. The van der Waals surface area contributed by atoms with Crippen molar-refractivity contribution < 1.29 is 14.7 Å². The Morgan fingerprint density at radius 2 is 1.83 bits per heavy atom. The highest BCUT2D eigenvalue weighted by Crippen LogP contribution is 2.30. The van der Waals surface area contributed by atoms with Crippen molar-refractivity contribution in [3.8, 4) is 0 Å². The van der Waals surface area contributed by atoms with E-state index in [1.165, 1.54) is 55.9 Å². The van der Waals surface area contributed by atoms with Gasteiger partial charge in [0.05, 0.1) is 11.3 Å². The summed E-state index contributed by atoms with van der Waals surface area (Å²) in [5.41, 5.74) is 4.05. The third-order valence-corrected chi connectivity index (χ3v) is 6.51. The number of carbonyl (C=O) groups excluding carboxylic acids is 1. The number of amides is 1. The minimum atomic E-state index is -1.22. The molecule has 0 saturated heterocycles. The second kappa shape index (κ2) is 11.6. The fourth-order valence-electron chi connectivity index (χ4n) is 4.63. The van der Waals surface area contributed by atoms with Crippen molar-refractivity contribution >= 4 is 35.0 Å². The number of anilines is 2. The monoisotopic (exact) mass is 471 g/mol. The highest BCUT2D eigenvalue weighted by Gasteiger charge is 2.34. The zero-order valence-corrected chi connectivity index (χ0v) is 20.3. The van der Waals surface area contributed by atoms with Crippen molar-refractivity contribution in [2.45, 2.75) is 51.9 Å². The molecular weight excluding hydrogens is 438 g/mol. The van der Waals surface area contributed by atoms with Crippen molar-refractivity contribution in [2.24, 2.45) is 5.10 Å². The van der Waals surface area contributed by atoms with E-state index in [2.05, 4.69) is 35.1 Å². The molecule has 0 atom stereocenters. The second-order valence-electron chi connectivity index (χ2n) is 9.04. The first-order valence-corrected chi connectivity index (χ1v) is 12.6. The number of hydrogen-bond acceptors (Lipinski definition) is 4. The molecule has 0 unspecified atom stereocenters. The molecule has 35 heavy (non-hydrogen) atoms. The SMILES string of the molecule is CCCCCCCCN1CCc2cc(/C=C/C=C3\C(=O)N(c4ccccc4)N=C3C(=O)O)ccc21. The largest absolute Gasteiger partial charge is 0.476 e. The van der Waals surface area contributed by atoms with Gasteiger partial charge in [-0.05, 0) is 54.3 Å². The Bertz CT molecular complexity index is 1150. The van der Waals surface area contributed by atoms with Gasteiger partial charge in [0.2, 0.25) is 0 Å². The van der Waals surface area contributed by atoms with Crippen LogP contribution >= 0.6 is 0 Å². The van der Waals surface area contributed by atoms with Gasteiger partial charge < -0.3 is 10.0 Å². The fraction of sp³-hybridized carbons (Fsp3) is 0.345. The molecule has 0 aliphatic carbocycles. The number of rotatable bonds is 11. The van der Waals surface area contributed by atoms with Crippen LogP contribution in [0.1, 0.15) is 56.6 Å². The van der Waals surface area contributed by atoms with Crippen molar-refractivity contribution in [1.82, 2.24) is 0 Å². The summed E-state index contributed by atoms with van der Waals surface area (Å²) in [5.74, 6) is -1.67. The van der Waals surface area contributed by atoms with E-state index in [4.69, 9.17) is 0 Å². The number of benzene rings is 2. The zero-order chi connectivity index (χ0) is 24.6. The number of fused-ring (bicyclic) bond motifs is 1. The van der Waals surface area contributed by atoms with Crippen molar-refractivity contribution in [3.05, 3.63) is 77.4 Å². The molecule has 2 aliphatic rings. The average molecular weight is 472 g/mol. The molecule has 0 bridgehead atoms. The van der Waals surface area contributed by atoms with E-state index < -0.39 is 11.9 Å². The number of unbranched alkanes of at least 4 members (excludes halogenated alkanes) is 5. The van der Waals surface area contributed by atoms with E-state index in [9.17, 15) is 14.7 Å². The lowest BCUT2D eigenvalue weighted by Crippen LogP contribution is -2.22. The van der Waals surface area contributed by atoms with Crippen molar-refractivity contribution in [2.75, 3.05) is 23.0 Å². The molecule has 2 aromatic rings.